The Kier molecular flexibility index (Phi) is 5.68. The fraction of sp³-hybridized carbons (Fsp3) is 0.350. The van der Waals surface area contributed by atoms with Crippen LogP contribution in [0.15, 0.2) is 48.5 Å². The summed E-state index contributed by atoms with van der Waals surface area (Å²) in [4.78, 5) is 12.3. The van der Waals surface area contributed by atoms with E-state index in [0.717, 1.165) is 22.4 Å². The van der Waals surface area contributed by atoms with Crippen molar-refractivity contribution in [2.75, 3.05) is 26.9 Å². The number of ether oxygens (including phenoxy) is 2. The Morgan fingerprint density at radius 1 is 1.24 bits per heavy atom. The average Bonchev–Trinajstić information content (AvgIpc) is 2.68. The number of amides is 1. The van der Waals surface area contributed by atoms with Crippen molar-refractivity contribution in [3.63, 3.8) is 0 Å². The van der Waals surface area contributed by atoms with Crippen molar-refractivity contribution >= 4 is 5.91 Å². The number of rotatable bonds is 5. The standard InChI is InChI=1S/C20H24N2O3/c1-14(22-20(23)18-13-25-12-11-21-18)15-7-9-16(10-8-15)17-5-3-4-6-19(17)24-2/h3-10,14,18,21H,11-13H2,1-2H3,(H,22,23). The summed E-state index contributed by atoms with van der Waals surface area (Å²) in [5, 5.41) is 6.21. The molecule has 132 valence electrons. The fourth-order valence-corrected chi connectivity index (χ4v) is 2.97. The van der Waals surface area contributed by atoms with Crippen LogP contribution in [0, 0.1) is 0 Å². The van der Waals surface area contributed by atoms with E-state index in [1.165, 1.54) is 0 Å². The van der Waals surface area contributed by atoms with Crippen LogP contribution in [-0.4, -0.2) is 38.8 Å². The van der Waals surface area contributed by atoms with Crippen LogP contribution in [0.1, 0.15) is 18.5 Å². The van der Waals surface area contributed by atoms with E-state index in [1.54, 1.807) is 7.11 Å². The van der Waals surface area contributed by atoms with E-state index >= 15 is 0 Å². The van der Waals surface area contributed by atoms with E-state index in [2.05, 4.69) is 22.8 Å². The summed E-state index contributed by atoms with van der Waals surface area (Å²) >= 11 is 0. The van der Waals surface area contributed by atoms with Crippen LogP contribution in [-0.2, 0) is 9.53 Å². The molecule has 5 nitrogen and oxygen atoms in total. The van der Waals surface area contributed by atoms with Gasteiger partial charge in [0, 0.05) is 12.1 Å². The van der Waals surface area contributed by atoms with Crippen LogP contribution in [0.4, 0.5) is 0 Å². The monoisotopic (exact) mass is 340 g/mol. The number of morpholine rings is 1. The Bertz CT molecular complexity index is 709. The van der Waals surface area contributed by atoms with E-state index in [1.807, 2.05) is 43.3 Å². The summed E-state index contributed by atoms with van der Waals surface area (Å²) < 4.78 is 10.8. The van der Waals surface area contributed by atoms with Gasteiger partial charge >= 0.3 is 0 Å². The third-order valence-corrected chi connectivity index (χ3v) is 4.43. The lowest BCUT2D eigenvalue weighted by molar-refractivity contribution is -0.126. The third-order valence-electron chi connectivity index (χ3n) is 4.43. The minimum atomic E-state index is -0.274. The molecule has 1 amide bonds. The van der Waals surface area contributed by atoms with Gasteiger partial charge in [-0.25, -0.2) is 0 Å². The molecule has 1 aliphatic heterocycles. The highest BCUT2D eigenvalue weighted by Gasteiger charge is 2.22. The molecule has 2 unspecified atom stereocenters. The summed E-state index contributed by atoms with van der Waals surface area (Å²) in [6.45, 7) is 3.77. The quantitative estimate of drug-likeness (QED) is 0.878. The number of carbonyl (C=O) groups excluding carboxylic acids is 1. The van der Waals surface area contributed by atoms with Crippen LogP contribution >= 0.6 is 0 Å². The van der Waals surface area contributed by atoms with Crippen LogP contribution in [0.25, 0.3) is 11.1 Å². The zero-order valence-corrected chi connectivity index (χ0v) is 14.6. The molecule has 0 aliphatic carbocycles. The zero-order chi connectivity index (χ0) is 17.6. The van der Waals surface area contributed by atoms with E-state index < -0.39 is 0 Å². The molecule has 0 bridgehead atoms. The van der Waals surface area contributed by atoms with Gasteiger partial charge in [-0.1, -0.05) is 42.5 Å². The molecule has 0 saturated carbocycles. The Morgan fingerprint density at radius 3 is 2.68 bits per heavy atom. The summed E-state index contributed by atoms with van der Waals surface area (Å²) in [6, 6.07) is 15.8. The molecule has 0 aromatic heterocycles. The van der Waals surface area contributed by atoms with Crippen molar-refractivity contribution in [1.29, 1.82) is 0 Å². The highest BCUT2D eigenvalue weighted by atomic mass is 16.5. The Hall–Kier alpha value is -2.37. The van der Waals surface area contributed by atoms with Gasteiger partial charge in [-0.3, -0.25) is 4.79 Å². The zero-order valence-electron chi connectivity index (χ0n) is 14.6. The van der Waals surface area contributed by atoms with Gasteiger partial charge in [0.05, 0.1) is 26.4 Å². The molecule has 2 aromatic rings. The SMILES string of the molecule is COc1ccccc1-c1ccc(C(C)NC(=O)C2COCCN2)cc1. The normalized spacial score (nSPS) is 18.4. The maximum atomic E-state index is 12.3. The van der Waals surface area contributed by atoms with Crippen LogP contribution in [0.2, 0.25) is 0 Å². The molecule has 1 fully saturated rings. The number of para-hydroxylation sites is 1. The molecule has 25 heavy (non-hydrogen) atoms. The molecule has 0 radical (unpaired) electrons. The highest BCUT2D eigenvalue weighted by molar-refractivity contribution is 5.82. The molecule has 1 heterocycles. The Morgan fingerprint density at radius 2 is 2.00 bits per heavy atom. The van der Waals surface area contributed by atoms with Crippen molar-refractivity contribution < 1.29 is 14.3 Å². The number of hydrogen-bond donors (Lipinski definition) is 2. The van der Waals surface area contributed by atoms with Gasteiger partial charge in [-0.15, -0.1) is 0 Å². The second-order valence-corrected chi connectivity index (χ2v) is 6.13. The van der Waals surface area contributed by atoms with Gasteiger partial charge < -0.3 is 20.1 Å². The smallest absolute Gasteiger partial charge is 0.240 e. The lowest BCUT2D eigenvalue weighted by atomic mass is 10.0. The summed E-state index contributed by atoms with van der Waals surface area (Å²) in [7, 11) is 1.67. The lowest BCUT2D eigenvalue weighted by Crippen LogP contribution is -2.51. The van der Waals surface area contributed by atoms with Gasteiger partial charge in [0.1, 0.15) is 11.8 Å². The van der Waals surface area contributed by atoms with Crippen molar-refractivity contribution in [3.05, 3.63) is 54.1 Å². The van der Waals surface area contributed by atoms with Gasteiger partial charge in [-0.05, 0) is 24.1 Å². The molecule has 3 rings (SSSR count). The van der Waals surface area contributed by atoms with Gasteiger partial charge in [-0.2, -0.15) is 0 Å². The van der Waals surface area contributed by atoms with Gasteiger partial charge in [0.25, 0.3) is 0 Å². The van der Waals surface area contributed by atoms with Crippen LogP contribution in [0.3, 0.4) is 0 Å². The average molecular weight is 340 g/mol. The largest absolute Gasteiger partial charge is 0.496 e. The number of hydrogen-bond acceptors (Lipinski definition) is 4. The van der Waals surface area contributed by atoms with Crippen molar-refractivity contribution in [3.8, 4) is 16.9 Å². The number of nitrogens with one attached hydrogen (secondary N) is 2. The van der Waals surface area contributed by atoms with E-state index in [4.69, 9.17) is 9.47 Å². The molecular weight excluding hydrogens is 316 g/mol. The predicted octanol–water partition coefficient (Wildman–Crippen LogP) is 2.53. The van der Waals surface area contributed by atoms with E-state index in [-0.39, 0.29) is 18.0 Å². The number of methoxy groups -OCH3 is 1. The van der Waals surface area contributed by atoms with Gasteiger partial charge in [0.2, 0.25) is 5.91 Å². The molecule has 2 atom stereocenters. The molecule has 0 spiro atoms. The molecular formula is C20H24N2O3. The van der Waals surface area contributed by atoms with Crippen molar-refractivity contribution in [1.82, 2.24) is 10.6 Å². The minimum Gasteiger partial charge on any atom is -0.496 e. The topological polar surface area (TPSA) is 59.6 Å². The van der Waals surface area contributed by atoms with E-state index in [0.29, 0.717) is 19.8 Å². The molecule has 2 aromatic carbocycles. The first-order chi connectivity index (χ1) is 12.2. The Balaban J connectivity index is 1.68. The Labute approximate surface area is 148 Å². The maximum Gasteiger partial charge on any atom is 0.240 e. The number of benzene rings is 2. The summed E-state index contributed by atoms with van der Waals surface area (Å²) in [6.07, 6.45) is 0. The first-order valence-electron chi connectivity index (χ1n) is 8.54. The first-order valence-corrected chi connectivity index (χ1v) is 8.54. The first kappa shape index (κ1) is 17.5. The molecule has 5 heteroatoms. The van der Waals surface area contributed by atoms with Crippen LogP contribution in [0.5, 0.6) is 5.75 Å². The van der Waals surface area contributed by atoms with Crippen LogP contribution < -0.4 is 15.4 Å². The lowest BCUT2D eigenvalue weighted by Gasteiger charge is -2.25. The van der Waals surface area contributed by atoms with Crippen molar-refractivity contribution in [2.45, 2.75) is 19.0 Å². The summed E-state index contributed by atoms with van der Waals surface area (Å²) in [5.41, 5.74) is 3.20. The third kappa shape index (κ3) is 4.18. The molecule has 1 aliphatic rings. The predicted molar refractivity (Wildman–Crippen MR) is 97.6 cm³/mol. The molecule has 1 saturated heterocycles. The summed E-state index contributed by atoms with van der Waals surface area (Å²) in [5.74, 6) is 0.820. The fourth-order valence-electron chi connectivity index (χ4n) is 2.97. The second-order valence-electron chi connectivity index (χ2n) is 6.13. The molecule has 2 N–H and O–H groups in total. The maximum absolute atomic E-state index is 12.3. The van der Waals surface area contributed by atoms with Crippen molar-refractivity contribution in [2.24, 2.45) is 0 Å². The minimum absolute atomic E-state index is 0.0268. The highest BCUT2D eigenvalue weighted by Crippen LogP contribution is 2.30. The van der Waals surface area contributed by atoms with E-state index in [9.17, 15) is 4.79 Å². The van der Waals surface area contributed by atoms with Gasteiger partial charge in [0.15, 0.2) is 0 Å². The second kappa shape index (κ2) is 8.14. The number of carbonyl (C=O) groups is 1.